The molecular weight excluding hydrogens is 274 g/mol. The summed E-state index contributed by atoms with van der Waals surface area (Å²) < 4.78 is 1.73. The molecule has 2 rings (SSSR count). The molecule has 1 saturated heterocycles. The molecule has 5 nitrogen and oxygen atoms in total. The molecule has 110 valence electrons. The van der Waals surface area contributed by atoms with E-state index in [1.807, 2.05) is 14.0 Å². The third-order valence-electron chi connectivity index (χ3n) is 4.03. The quantitative estimate of drug-likeness (QED) is 0.850. The van der Waals surface area contributed by atoms with Crippen molar-refractivity contribution in [1.82, 2.24) is 19.6 Å². The number of hydrogen-bond donors (Lipinski definition) is 0. The van der Waals surface area contributed by atoms with Crippen molar-refractivity contribution in [2.45, 2.75) is 32.9 Å². The van der Waals surface area contributed by atoms with Crippen molar-refractivity contribution in [2.75, 3.05) is 26.2 Å². The Bertz CT molecular complexity index is 496. The van der Waals surface area contributed by atoms with Crippen molar-refractivity contribution in [3.8, 4) is 6.07 Å². The van der Waals surface area contributed by atoms with E-state index in [4.69, 9.17) is 16.9 Å². The lowest BCUT2D eigenvalue weighted by Crippen LogP contribution is -2.49. The summed E-state index contributed by atoms with van der Waals surface area (Å²) in [6, 6.07) is 2.44. The van der Waals surface area contributed by atoms with Gasteiger partial charge in [0.1, 0.15) is 5.15 Å². The van der Waals surface area contributed by atoms with E-state index in [9.17, 15) is 0 Å². The summed E-state index contributed by atoms with van der Waals surface area (Å²) in [5.41, 5.74) is 2.12. The van der Waals surface area contributed by atoms with Crippen LogP contribution in [0, 0.1) is 18.3 Å². The van der Waals surface area contributed by atoms with Crippen molar-refractivity contribution in [1.29, 1.82) is 5.26 Å². The monoisotopic (exact) mass is 295 g/mol. The first kappa shape index (κ1) is 15.3. The lowest BCUT2D eigenvalue weighted by Gasteiger charge is -2.36. The zero-order valence-corrected chi connectivity index (χ0v) is 13.2. The third kappa shape index (κ3) is 3.14. The van der Waals surface area contributed by atoms with Crippen LogP contribution in [0.1, 0.15) is 24.6 Å². The van der Waals surface area contributed by atoms with Gasteiger partial charge in [-0.25, -0.2) is 0 Å². The number of nitriles is 1. The molecule has 1 unspecified atom stereocenters. The van der Waals surface area contributed by atoms with Crippen LogP contribution in [0.15, 0.2) is 0 Å². The number of halogens is 1. The van der Waals surface area contributed by atoms with Crippen LogP contribution in [0.25, 0.3) is 0 Å². The molecule has 1 fully saturated rings. The van der Waals surface area contributed by atoms with Crippen molar-refractivity contribution in [2.24, 2.45) is 7.05 Å². The molecule has 0 bridgehead atoms. The minimum Gasteiger partial charge on any atom is -0.296 e. The predicted molar refractivity (Wildman–Crippen MR) is 79.5 cm³/mol. The van der Waals surface area contributed by atoms with E-state index < -0.39 is 0 Å². The molecule has 0 aromatic carbocycles. The zero-order valence-electron chi connectivity index (χ0n) is 12.4. The molecule has 1 atom stereocenters. The Morgan fingerprint density at radius 1 is 1.35 bits per heavy atom. The molecule has 1 aliphatic rings. The number of aromatic nitrogens is 2. The van der Waals surface area contributed by atoms with Crippen LogP contribution in [0.2, 0.25) is 5.15 Å². The van der Waals surface area contributed by atoms with Crippen molar-refractivity contribution < 1.29 is 0 Å². The van der Waals surface area contributed by atoms with Crippen LogP contribution >= 0.6 is 11.6 Å². The third-order valence-corrected chi connectivity index (χ3v) is 4.51. The molecule has 0 aliphatic carbocycles. The molecule has 0 saturated carbocycles. The molecule has 0 radical (unpaired) electrons. The normalized spacial score (nSPS) is 18.9. The van der Waals surface area contributed by atoms with E-state index in [1.54, 1.807) is 4.68 Å². The molecule has 2 heterocycles. The summed E-state index contributed by atoms with van der Waals surface area (Å²) in [6.07, 6.45) is 0.893. The Morgan fingerprint density at radius 3 is 2.45 bits per heavy atom. The smallest absolute Gasteiger partial charge is 0.131 e. The average Bonchev–Trinajstić information content (AvgIpc) is 2.68. The SMILES string of the molecule is CCC(C#N)N1CCN(Cc2c(C)nn(C)c2Cl)CC1. The van der Waals surface area contributed by atoms with Gasteiger partial charge < -0.3 is 0 Å². The van der Waals surface area contributed by atoms with Gasteiger partial charge in [-0.3, -0.25) is 14.5 Å². The summed E-state index contributed by atoms with van der Waals surface area (Å²) >= 11 is 6.28. The summed E-state index contributed by atoms with van der Waals surface area (Å²) in [7, 11) is 1.87. The molecular formula is C14H22ClN5. The second-order valence-corrected chi connectivity index (χ2v) is 5.70. The van der Waals surface area contributed by atoms with Gasteiger partial charge in [0.2, 0.25) is 0 Å². The highest BCUT2D eigenvalue weighted by Gasteiger charge is 2.24. The maximum absolute atomic E-state index is 9.12. The maximum atomic E-state index is 9.12. The molecule has 1 aliphatic heterocycles. The van der Waals surface area contributed by atoms with Gasteiger partial charge in [-0.1, -0.05) is 18.5 Å². The highest BCUT2D eigenvalue weighted by Crippen LogP contribution is 2.21. The van der Waals surface area contributed by atoms with Gasteiger partial charge in [0.15, 0.2) is 0 Å². The molecule has 1 aromatic heterocycles. The fraction of sp³-hybridized carbons (Fsp3) is 0.714. The summed E-state index contributed by atoms with van der Waals surface area (Å²) in [5.74, 6) is 0. The van der Waals surface area contributed by atoms with Crippen LogP contribution in [0.5, 0.6) is 0 Å². The van der Waals surface area contributed by atoms with Crippen LogP contribution in [0.3, 0.4) is 0 Å². The average molecular weight is 296 g/mol. The number of aryl methyl sites for hydroxylation is 2. The fourth-order valence-corrected chi connectivity index (χ4v) is 2.98. The summed E-state index contributed by atoms with van der Waals surface area (Å²) in [4.78, 5) is 4.66. The molecule has 0 N–H and O–H groups in total. The van der Waals surface area contributed by atoms with Crippen LogP contribution in [-0.4, -0.2) is 51.8 Å². The van der Waals surface area contributed by atoms with E-state index in [0.717, 1.165) is 55.6 Å². The Labute approximate surface area is 125 Å². The van der Waals surface area contributed by atoms with Crippen LogP contribution < -0.4 is 0 Å². The fourth-order valence-electron chi connectivity index (χ4n) is 2.74. The number of nitrogens with zero attached hydrogens (tertiary/aromatic N) is 5. The number of rotatable bonds is 4. The van der Waals surface area contributed by atoms with E-state index in [2.05, 4.69) is 27.9 Å². The van der Waals surface area contributed by atoms with Gasteiger partial charge in [0.05, 0.1) is 17.8 Å². The molecule has 20 heavy (non-hydrogen) atoms. The van der Waals surface area contributed by atoms with E-state index in [1.165, 1.54) is 0 Å². The molecule has 0 amide bonds. The van der Waals surface area contributed by atoms with Gasteiger partial charge in [-0.05, 0) is 13.3 Å². The van der Waals surface area contributed by atoms with Crippen molar-refractivity contribution in [3.63, 3.8) is 0 Å². The van der Waals surface area contributed by atoms with E-state index >= 15 is 0 Å². The maximum Gasteiger partial charge on any atom is 0.131 e. The second-order valence-electron chi connectivity index (χ2n) is 5.34. The Balaban J connectivity index is 1.93. The Morgan fingerprint density at radius 2 is 2.00 bits per heavy atom. The van der Waals surface area contributed by atoms with Gasteiger partial charge in [-0.15, -0.1) is 0 Å². The summed E-state index contributed by atoms with van der Waals surface area (Å²) in [5, 5.41) is 14.2. The first-order valence-corrected chi connectivity index (χ1v) is 7.48. The molecule has 6 heteroatoms. The highest BCUT2D eigenvalue weighted by atomic mass is 35.5. The standard InChI is InChI=1S/C14H22ClN5/c1-4-12(9-16)20-7-5-19(6-8-20)10-13-11(2)17-18(3)14(13)15/h12H,4-8,10H2,1-3H3. The molecule has 0 spiro atoms. The predicted octanol–water partition coefficient (Wildman–Crippen LogP) is 1.80. The minimum atomic E-state index is 0.0564. The first-order chi connectivity index (χ1) is 9.56. The van der Waals surface area contributed by atoms with Crippen LogP contribution in [-0.2, 0) is 13.6 Å². The van der Waals surface area contributed by atoms with E-state index in [-0.39, 0.29) is 6.04 Å². The topological polar surface area (TPSA) is 48.1 Å². The van der Waals surface area contributed by atoms with Gasteiger partial charge in [0, 0.05) is 45.3 Å². The first-order valence-electron chi connectivity index (χ1n) is 7.10. The van der Waals surface area contributed by atoms with Gasteiger partial charge >= 0.3 is 0 Å². The lowest BCUT2D eigenvalue weighted by molar-refractivity contribution is 0.108. The van der Waals surface area contributed by atoms with Gasteiger partial charge in [-0.2, -0.15) is 10.4 Å². The Kier molecular flexibility index (Phi) is 5.03. The zero-order chi connectivity index (χ0) is 14.7. The minimum absolute atomic E-state index is 0.0564. The lowest BCUT2D eigenvalue weighted by atomic mass is 10.1. The second kappa shape index (κ2) is 6.57. The van der Waals surface area contributed by atoms with E-state index in [0.29, 0.717) is 0 Å². The molecule has 1 aromatic rings. The highest BCUT2D eigenvalue weighted by molar-refractivity contribution is 6.30. The van der Waals surface area contributed by atoms with Gasteiger partial charge in [0.25, 0.3) is 0 Å². The number of piperazine rings is 1. The Hall–Kier alpha value is -1.09. The van der Waals surface area contributed by atoms with Crippen LogP contribution in [0.4, 0.5) is 0 Å². The van der Waals surface area contributed by atoms with Crippen molar-refractivity contribution in [3.05, 3.63) is 16.4 Å². The largest absolute Gasteiger partial charge is 0.296 e. The summed E-state index contributed by atoms with van der Waals surface area (Å²) in [6.45, 7) is 8.76. The number of hydrogen-bond acceptors (Lipinski definition) is 4. The van der Waals surface area contributed by atoms with Crippen molar-refractivity contribution >= 4 is 11.6 Å².